The van der Waals surface area contributed by atoms with Gasteiger partial charge < -0.3 is 4.74 Å². The summed E-state index contributed by atoms with van der Waals surface area (Å²) in [6, 6.07) is 0. The van der Waals surface area contributed by atoms with Gasteiger partial charge in [-0.05, 0) is 43.4 Å². The lowest BCUT2D eigenvalue weighted by atomic mass is 9.74. The smallest absolute Gasteiger partial charge is 0.308 e. The van der Waals surface area contributed by atoms with E-state index in [-0.39, 0.29) is 11.9 Å². The van der Waals surface area contributed by atoms with E-state index in [4.69, 9.17) is 4.74 Å². The highest BCUT2D eigenvalue weighted by Crippen LogP contribution is 2.35. The molecule has 0 aromatic rings. The largest absolute Gasteiger partial charge is 0.469 e. The van der Waals surface area contributed by atoms with E-state index in [1.807, 2.05) is 0 Å². The molecule has 0 saturated heterocycles. The van der Waals surface area contributed by atoms with Crippen LogP contribution in [0.25, 0.3) is 0 Å². The number of rotatable bonds is 6. The molecule has 0 aliphatic heterocycles. The molecule has 1 aliphatic rings. The second-order valence-electron chi connectivity index (χ2n) is 6.45. The zero-order valence-electron chi connectivity index (χ0n) is 12.8. The van der Waals surface area contributed by atoms with Crippen molar-refractivity contribution in [1.29, 1.82) is 0 Å². The number of ether oxygens (including phenoxy) is 1. The third-order valence-corrected chi connectivity index (χ3v) is 4.30. The second-order valence-corrected chi connectivity index (χ2v) is 6.45. The summed E-state index contributed by atoms with van der Waals surface area (Å²) < 4.78 is 4.80. The Labute approximate surface area is 117 Å². The third-order valence-electron chi connectivity index (χ3n) is 4.30. The number of hydrogen-bond donors (Lipinski definition) is 0. The molecule has 19 heavy (non-hydrogen) atoms. The zero-order chi connectivity index (χ0) is 14.4. The molecule has 0 N–H and O–H groups in total. The minimum atomic E-state index is -0.0676. The average molecular weight is 268 g/mol. The Morgan fingerprint density at radius 2 is 1.63 bits per heavy atom. The van der Waals surface area contributed by atoms with E-state index < -0.39 is 0 Å². The average Bonchev–Trinajstić information content (AvgIpc) is 2.36. The third kappa shape index (κ3) is 5.33. The first-order valence-electron chi connectivity index (χ1n) is 7.53. The lowest BCUT2D eigenvalue weighted by Gasteiger charge is -2.31. The van der Waals surface area contributed by atoms with Crippen molar-refractivity contribution in [2.24, 2.45) is 23.7 Å². The van der Waals surface area contributed by atoms with Crippen LogP contribution < -0.4 is 0 Å². The molecule has 0 spiro atoms. The molecule has 0 amide bonds. The van der Waals surface area contributed by atoms with E-state index in [9.17, 15) is 9.59 Å². The van der Waals surface area contributed by atoms with Crippen LogP contribution in [0.3, 0.4) is 0 Å². The van der Waals surface area contributed by atoms with Gasteiger partial charge in [0, 0.05) is 12.8 Å². The number of carbonyl (C=O) groups is 2. The molecule has 1 saturated carbocycles. The summed E-state index contributed by atoms with van der Waals surface area (Å²) in [5.74, 6) is 1.90. The Hall–Kier alpha value is -0.860. The van der Waals surface area contributed by atoms with E-state index in [1.165, 1.54) is 7.11 Å². The molecule has 110 valence electrons. The predicted octanol–water partition coefficient (Wildman–Crippen LogP) is 3.61. The number of esters is 1. The van der Waals surface area contributed by atoms with Gasteiger partial charge in [0.25, 0.3) is 0 Å². The van der Waals surface area contributed by atoms with Gasteiger partial charge in [-0.1, -0.05) is 20.8 Å². The molecule has 0 aromatic heterocycles. The van der Waals surface area contributed by atoms with Gasteiger partial charge in [0.05, 0.1) is 13.0 Å². The summed E-state index contributed by atoms with van der Waals surface area (Å²) in [6.45, 7) is 6.36. The lowest BCUT2D eigenvalue weighted by molar-refractivity contribution is -0.147. The first-order chi connectivity index (χ1) is 8.93. The fraction of sp³-hybridized carbons (Fsp3) is 0.875. The van der Waals surface area contributed by atoms with Crippen molar-refractivity contribution in [1.82, 2.24) is 0 Å². The van der Waals surface area contributed by atoms with Crippen LogP contribution in [0.15, 0.2) is 0 Å². The Morgan fingerprint density at radius 3 is 2.11 bits per heavy atom. The number of hydrogen-bond acceptors (Lipinski definition) is 3. The summed E-state index contributed by atoms with van der Waals surface area (Å²) in [4.78, 5) is 23.3. The monoisotopic (exact) mass is 268 g/mol. The van der Waals surface area contributed by atoms with Crippen molar-refractivity contribution in [3.63, 3.8) is 0 Å². The van der Waals surface area contributed by atoms with Gasteiger partial charge in [-0.25, -0.2) is 0 Å². The first kappa shape index (κ1) is 16.2. The van der Waals surface area contributed by atoms with Gasteiger partial charge in [0.2, 0.25) is 0 Å². The molecule has 3 nitrogen and oxygen atoms in total. The fourth-order valence-corrected chi connectivity index (χ4v) is 3.16. The molecule has 1 aliphatic carbocycles. The van der Waals surface area contributed by atoms with Crippen LogP contribution in [-0.2, 0) is 14.3 Å². The summed E-state index contributed by atoms with van der Waals surface area (Å²) in [5, 5.41) is 0. The maximum Gasteiger partial charge on any atom is 0.308 e. The molecule has 1 atom stereocenters. The van der Waals surface area contributed by atoms with Crippen LogP contribution in [0, 0.1) is 23.7 Å². The Kier molecular flexibility index (Phi) is 6.53. The van der Waals surface area contributed by atoms with E-state index in [2.05, 4.69) is 20.8 Å². The normalized spacial score (nSPS) is 25.1. The van der Waals surface area contributed by atoms with Crippen molar-refractivity contribution in [2.75, 3.05) is 7.11 Å². The minimum absolute atomic E-state index is 0.0676. The Balaban J connectivity index is 2.34. The number of ketones is 1. The zero-order valence-corrected chi connectivity index (χ0v) is 12.8. The van der Waals surface area contributed by atoms with Gasteiger partial charge in [-0.2, -0.15) is 0 Å². The standard InChI is InChI=1S/C16H28O3/c1-11(2)9-15(17)10-12(3)13-5-7-14(8-6-13)16(18)19-4/h11-14H,5-10H2,1-4H3. The minimum Gasteiger partial charge on any atom is -0.469 e. The van der Waals surface area contributed by atoms with E-state index in [0.717, 1.165) is 25.7 Å². The molecule has 3 heteroatoms. The predicted molar refractivity (Wildman–Crippen MR) is 75.7 cm³/mol. The Bertz CT molecular complexity index is 301. The molecular weight excluding hydrogens is 240 g/mol. The SMILES string of the molecule is COC(=O)C1CCC(C(C)CC(=O)CC(C)C)CC1. The van der Waals surface area contributed by atoms with Crippen LogP contribution in [0.1, 0.15) is 59.3 Å². The molecular formula is C16H28O3. The molecule has 1 unspecified atom stereocenters. The van der Waals surface area contributed by atoms with Crippen LogP contribution in [0.2, 0.25) is 0 Å². The highest BCUT2D eigenvalue weighted by Gasteiger charge is 2.30. The van der Waals surface area contributed by atoms with Crippen molar-refractivity contribution in [3.05, 3.63) is 0 Å². The van der Waals surface area contributed by atoms with Crippen molar-refractivity contribution >= 4 is 11.8 Å². The maximum atomic E-state index is 11.9. The summed E-state index contributed by atoms with van der Waals surface area (Å²) in [5.41, 5.74) is 0. The lowest BCUT2D eigenvalue weighted by Crippen LogP contribution is -2.26. The molecule has 1 rings (SSSR count). The van der Waals surface area contributed by atoms with Gasteiger partial charge in [0.15, 0.2) is 0 Å². The van der Waals surface area contributed by atoms with E-state index >= 15 is 0 Å². The number of Topliss-reactive ketones (excluding diaryl/α,β-unsaturated/α-hetero) is 1. The number of carbonyl (C=O) groups excluding carboxylic acids is 2. The quantitative estimate of drug-likeness (QED) is 0.691. The van der Waals surface area contributed by atoms with Crippen LogP contribution >= 0.6 is 0 Å². The Morgan fingerprint density at radius 1 is 1.05 bits per heavy atom. The molecule has 0 aromatic carbocycles. The fourth-order valence-electron chi connectivity index (χ4n) is 3.16. The highest BCUT2D eigenvalue weighted by atomic mass is 16.5. The van der Waals surface area contributed by atoms with Gasteiger partial charge in [-0.15, -0.1) is 0 Å². The molecule has 1 fully saturated rings. The van der Waals surface area contributed by atoms with Crippen molar-refractivity contribution < 1.29 is 14.3 Å². The molecule has 0 heterocycles. The second kappa shape index (κ2) is 7.66. The molecule has 0 bridgehead atoms. The topological polar surface area (TPSA) is 43.4 Å². The summed E-state index contributed by atoms with van der Waals surface area (Å²) in [7, 11) is 1.46. The summed E-state index contributed by atoms with van der Waals surface area (Å²) in [6.07, 6.45) is 5.33. The van der Waals surface area contributed by atoms with Crippen LogP contribution in [0.5, 0.6) is 0 Å². The van der Waals surface area contributed by atoms with E-state index in [1.54, 1.807) is 0 Å². The van der Waals surface area contributed by atoms with Crippen LogP contribution in [-0.4, -0.2) is 18.9 Å². The van der Waals surface area contributed by atoms with E-state index in [0.29, 0.717) is 36.4 Å². The first-order valence-corrected chi connectivity index (χ1v) is 7.53. The highest BCUT2D eigenvalue weighted by molar-refractivity contribution is 5.78. The van der Waals surface area contributed by atoms with Crippen LogP contribution in [0.4, 0.5) is 0 Å². The summed E-state index contributed by atoms with van der Waals surface area (Å²) >= 11 is 0. The molecule has 0 radical (unpaired) electrons. The van der Waals surface area contributed by atoms with Crippen molar-refractivity contribution in [2.45, 2.75) is 59.3 Å². The van der Waals surface area contributed by atoms with Gasteiger partial charge in [0.1, 0.15) is 5.78 Å². The van der Waals surface area contributed by atoms with Gasteiger partial charge >= 0.3 is 5.97 Å². The number of methoxy groups -OCH3 is 1. The van der Waals surface area contributed by atoms with Gasteiger partial charge in [-0.3, -0.25) is 9.59 Å². The maximum absolute atomic E-state index is 11.9. The van der Waals surface area contributed by atoms with Crippen molar-refractivity contribution in [3.8, 4) is 0 Å².